The predicted molar refractivity (Wildman–Crippen MR) is 125 cm³/mol. The minimum absolute atomic E-state index is 0.520. The minimum Gasteiger partial charge on any atom is -0.497 e. The van der Waals surface area contributed by atoms with Gasteiger partial charge in [-0.25, -0.2) is 0 Å². The lowest BCUT2D eigenvalue weighted by molar-refractivity contribution is 0.181. The van der Waals surface area contributed by atoms with E-state index in [1.807, 2.05) is 24.3 Å². The quantitative estimate of drug-likeness (QED) is 0.441. The van der Waals surface area contributed by atoms with Gasteiger partial charge in [-0.3, -0.25) is 4.90 Å². The molecule has 5 rings (SSSR count). The van der Waals surface area contributed by atoms with Crippen LogP contribution in [0.4, 0.5) is 0 Å². The number of H-pyrrole nitrogens is 1. The first-order valence-electron chi connectivity index (χ1n) is 11.1. The summed E-state index contributed by atoms with van der Waals surface area (Å²) in [6.45, 7) is 2.61. The summed E-state index contributed by atoms with van der Waals surface area (Å²) in [6.07, 6.45) is 4.32. The van der Waals surface area contributed by atoms with Crippen molar-refractivity contribution in [3.05, 3.63) is 54.0 Å². The zero-order chi connectivity index (χ0) is 22.8. The second kappa shape index (κ2) is 9.15. The summed E-state index contributed by atoms with van der Waals surface area (Å²) in [4.78, 5) is 10.4. The van der Waals surface area contributed by atoms with Crippen molar-refractivity contribution >= 4 is 10.9 Å². The topological polar surface area (TPSA) is 85.6 Å². The van der Waals surface area contributed by atoms with Crippen LogP contribution in [0.2, 0.25) is 0 Å². The van der Waals surface area contributed by atoms with Crippen LogP contribution in [0, 0.1) is 0 Å². The average molecular weight is 449 g/mol. The Kier molecular flexibility index (Phi) is 5.92. The van der Waals surface area contributed by atoms with Gasteiger partial charge >= 0.3 is 0 Å². The molecule has 0 bridgehead atoms. The Morgan fingerprint density at radius 1 is 1.00 bits per heavy atom. The lowest BCUT2D eigenvalue weighted by Crippen LogP contribution is -2.32. The molecule has 2 aromatic carbocycles. The molecule has 0 aliphatic carbocycles. The Balaban J connectivity index is 1.23. The van der Waals surface area contributed by atoms with Crippen LogP contribution in [-0.2, 0) is 6.54 Å². The zero-order valence-corrected chi connectivity index (χ0v) is 19.1. The van der Waals surface area contributed by atoms with Crippen LogP contribution in [-0.4, -0.2) is 54.4 Å². The number of rotatable bonds is 7. The van der Waals surface area contributed by atoms with E-state index in [1.54, 1.807) is 21.3 Å². The van der Waals surface area contributed by atoms with Crippen molar-refractivity contribution in [1.29, 1.82) is 0 Å². The first kappa shape index (κ1) is 21.3. The van der Waals surface area contributed by atoms with Gasteiger partial charge in [-0.1, -0.05) is 5.16 Å². The standard InChI is InChI=1S/C25H28N4O4/c1-30-18-5-6-21-19(13-18)20(14-26-21)16-8-10-29(11-9-16)15-24-27-25(28-33-24)17-4-7-22(31-2)23(12-17)32-3/h4-7,12-14,16,26H,8-11,15H2,1-3H3. The van der Waals surface area contributed by atoms with E-state index in [-0.39, 0.29) is 0 Å². The van der Waals surface area contributed by atoms with Gasteiger partial charge in [-0.15, -0.1) is 0 Å². The number of nitrogens with zero attached hydrogens (tertiary/aromatic N) is 3. The maximum absolute atomic E-state index is 5.54. The van der Waals surface area contributed by atoms with E-state index >= 15 is 0 Å². The summed E-state index contributed by atoms with van der Waals surface area (Å²) in [5.74, 6) is 3.89. The van der Waals surface area contributed by atoms with Gasteiger partial charge in [0, 0.05) is 22.7 Å². The van der Waals surface area contributed by atoms with E-state index in [0.717, 1.165) is 42.8 Å². The highest BCUT2D eigenvalue weighted by molar-refractivity contribution is 5.85. The highest BCUT2D eigenvalue weighted by Gasteiger charge is 2.24. The van der Waals surface area contributed by atoms with Gasteiger partial charge < -0.3 is 23.7 Å². The molecule has 1 fully saturated rings. The third kappa shape index (κ3) is 4.26. The van der Waals surface area contributed by atoms with Crippen LogP contribution in [0.25, 0.3) is 22.3 Å². The Bertz CT molecular complexity index is 1240. The number of piperidine rings is 1. The smallest absolute Gasteiger partial charge is 0.241 e. The minimum atomic E-state index is 0.520. The molecule has 8 heteroatoms. The van der Waals surface area contributed by atoms with Gasteiger partial charge in [0.2, 0.25) is 11.7 Å². The number of benzene rings is 2. The van der Waals surface area contributed by atoms with Gasteiger partial charge in [0.05, 0.1) is 27.9 Å². The van der Waals surface area contributed by atoms with Crippen molar-refractivity contribution in [1.82, 2.24) is 20.0 Å². The van der Waals surface area contributed by atoms with Gasteiger partial charge in [0.25, 0.3) is 0 Å². The monoisotopic (exact) mass is 448 g/mol. The number of fused-ring (bicyclic) bond motifs is 1. The van der Waals surface area contributed by atoms with Crippen LogP contribution in [0.3, 0.4) is 0 Å². The molecule has 0 spiro atoms. The number of methoxy groups -OCH3 is 3. The highest BCUT2D eigenvalue weighted by atomic mass is 16.5. The van der Waals surface area contributed by atoms with E-state index in [2.05, 4.69) is 38.4 Å². The summed E-state index contributed by atoms with van der Waals surface area (Å²) in [5, 5.41) is 5.42. The molecular formula is C25H28N4O4. The molecule has 3 heterocycles. The molecule has 0 radical (unpaired) electrons. The Hall–Kier alpha value is -3.52. The maximum atomic E-state index is 5.54. The third-order valence-electron chi connectivity index (χ3n) is 6.42. The van der Waals surface area contributed by atoms with Gasteiger partial charge in [-0.2, -0.15) is 4.98 Å². The number of hydrogen-bond acceptors (Lipinski definition) is 7. The number of likely N-dealkylation sites (tertiary alicyclic amines) is 1. The van der Waals surface area contributed by atoms with Crippen molar-refractivity contribution in [3.63, 3.8) is 0 Å². The summed E-state index contributed by atoms with van der Waals surface area (Å²) < 4.78 is 21.6. The van der Waals surface area contributed by atoms with E-state index in [1.165, 1.54) is 10.9 Å². The molecule has 4 aromatic rings. The van der Waals surface area contributed by atoms with E-state index < -0.39 is 0 Å². The molecule has 0 unspecified atom stereocenters. The fourth-order valence-corrected chi connectivity index (χ4v) is 4.59. The fourth-order valence-electron chi connectivity index (χ4n) is 4.59. The first-order valence-corrected chi connectivity index (χ1v) is 11.1. The molecular weight excluding hydrogens is 420 g/mol. The zero-order valence-electron chi connectivity index (χ0n) is 19.1. The molecule has 0 saturated carbocycles. The molecule has 8 nitrogen and oxygen atoms in total. The summed E-state index contributed by atoms with van der Waals surface area (Å²) >= 11 is 0. The van der Waals surface area contributed by atoms with Crippen LogP contribution in [0.5, 0.6) is 17.2 Å². The van der Waals surface area contributed by atoms with E-state index in [0.29, 0.717) is 35.7 Å². The highest BCUT2D eigenvalue weighted by Crippen LogP contribution is 2.35. The Labute approximate surface area is 192 Å². The summed E-state index contributed by atoms with van der Waals surface area (Å²) in [6, 6.07) is 11.8. The number of ether oxygens (including phenoxy) is 3. The normalized spacial score (nSPS) is 15.1. The van der Waals surface area contributed by atoms with Gasteiger partial charge in [0.1, 0.15) is 5.75 Å². The van der Waals surface area contributed by atoms with Gasteiger partial charge in [0.15, 0.2) is 11.5 Å². The molecule has 172 valence electrons. The summed E-state index contributed by atoms with van der Waals surface area (Å²) in [5.41, 5.74) is 3.36. The van der Waals surface area contributed by atoms with Crippen molar-refractivity contribution in [2.24, 2.45) is 0 Å². The Morgan fingerprint density at radius 3 is 2.58 bits per heavy atom. The van der Waals surface area contributed by atoms with Crippen molar-refractivity contribution in [3.8, 4) is 28.6 Å². The van der Waals surface area contributed by atoms with Crippen molar-refractivity contribution in [2.45, 2.75) is 25.3 Å². The molecule has 1 saturated heterocycles. The molecule has 1 N–H and O–H groups in total. The lowest BCUT2D eigenvalue weighted by Gasteiger charge is -2.30. The van der Waals surface area contributed by atoms with Crippen LogP contribution >= 0.6 is 0 Å². The Morgan fingerprint density at radius 2 is 1.82 bits per heavy atom. The summed E-state index contributed by atoms with van der Waals surface area (Å²) in [7, 11) is 4.93. The van der Waals surface area contributed by atoms with Crippen LogP contribution in [0.1, 0.15) is 30.2 Å². The molecule has 2 aromatic heterocycles. The first-order chi connectivity index (χ1) is 16.2. The molecule has 0 atom stereocenters. The number of nitrogens with one attached hydrogen (secondary N) is 1. The van der Waals surface area contributed by atoms with Crippen molar-refractivity contribution < 1.29 is 18.7 Å². The average Bonchev–Trinajstić information content (AvgIpc) is 3.51. The van der Waals surface area contributed by atoms with Gasteiger partial charge in [-0.05, 0) is 73.8 Å². The number of aromatic amines is 1. The van der Waals surface area contributed by atoms with Crippen molar-refractivity contribution in [2.75, 3.05) is 34.4 Å². The largest absolute Gasteiger partial charge is 0.497 e. The third-order valence-corrected chi connectivity index (χ3v) is 6.42. The number of hydrogen-bond donors (Lipinski definition) is 1. The van der Waals surface area contributed by atoms with Crippen LogP contribution in [0.15, 0.2) is 47.1 Å². The SMILES string of the molecule is COc1ccc2[nH]cc(C3CCN(Cc4nc(-c5ccc(OC)c(OC)c5)no4)CC3)c2c1. The molecule has 0 amide bonds. The second-order valence-electron chi connectivity index (χ2n) is 8.29. The predicted octanol–water partition coefficient (Wildman–Crippen LogP) is 4.62. The van der Waals surface area contributed by atoms with Crippen LogP contribution < -0.4 is 14.2 Å². The molecule has 33 heavy (non-hydrogen) atoms. The fraction of sp³-hybridized carbons (Fsp3) is 0.360. The lowest BCUT2D eigenvalue weighted by atomic mass is 9.89. The molecule has 1 aliphatic rings. The molecule has 1 aliphatic heterocycles. The van der Waals surface area contributed by atoms with E-state index in [4.69, 9.17) is 18.7 Å². The number of aromatic nitrogens is 3. The maximum Gasteiger partial charge on any atom is 0.241 e. The van der Waals surface area contributed by atoms with E-state index in [9.17, 15) is 0 Å². The second-order valence-corrected chi connectivity index (χ2v) is 8.29.